The molecule has 0 heterocycles. The monoisotopic (exact) mass is 434 g/mol. The number of carbonyl (C=O) groups is 1. The van der Waals surface area contributed by atoms with Crippen LogP contribution < -0.4 is 19.5 Å². The van der Waals surface area contributed by atoms with Gasteiger partial charge in [0, 0.05) is 13.0 Å². The van der Waals surface area contributed by atoms with E-state index in [0.717, 1.165) is 22.3 Å². The summed E-state index contributed by atoms with van der Waals surface area (Å²) in [6, 6.07) is 8.38. The lowest BCUT2D eigenvalue weighted by molar-refractivity contribution is -0.121. The van der Waals surface area contributed by atoms with Gasteiger partial charge in [-0.05, 0) is 74.2 Å². The molecule has 2 aromatic carbocycles. The molecule has 30 heavy (non-hydrogen) atoms. The highest BCUT2D eigenvalue weighted by molar-refractivity contribution is 7.89. The zero-order chi connectivity index (χ0) is 22.5. The molecule has 0 aliphatic rings. The molecule has 0 saturated carbocycles. The van der Waals surface area contributed by atoms with Crippen LogP contribution >= 0.6 is 0 Å². The molecule has 2 aromatic rings. The van der Waals surface area contributed by atoms with Crippen LogP contribution in [0.4, 0.5) is 0 Å². The van der Waals surface area contributed by atoms with Gasteiger partial charge >= 0.3 is 0 Å². The van der Waals surface area contributed by atoms with Gasteiger partial charge in [-0.1, -0.05) is 6.07 Å². The third-order valence-corrected chi connectivity index (χ3v) is 6.51. The van der Waals surface area contributed by atoms with Gasteiger partial charge in [0.05, 0.1) is 25.2 Å². The van der Waals surface area contributed by atoms with Crippen molar-refractivity contribution in [3.05, 3.63) is 52.6 Å². The fraction of sp³-hybridized carbons (Fsp3) is 0.409. The number of nitrogens with one attached hydrogen (secondary N) is 2. The van der Waals surface area contributed by atoms with Crippen LogP contribution in [0.3, 0.4) is 0 Å². The lowest BCUT2D eigenvalue weighted by Gasteiger charge is -2.19. The molecule has 0 aliphatic carbocycles. The largest absolute Gasteiger partial charge is 0.493 e. The summed E-state index contributed by atoms with van der Waals surface area (Å²) in [7, 11) is -0.532. The van der Waals surface area contributed by atoms with E-state index in [4.69, 9.17) is 9.47 Å². The number of amides is 1. The summed E-state index contributed by atoms with van der Waals surface area (Å²) in [5.74, 6) is 0.956. The van der Waals surface area contributed by atoms with E-state index >= 15 is 0 Å². The first-order chi connectivity index (χ1) is 14.1. The molecule has 1 amide bonds. The molecule has 0 aliphatic heterocycles. The highest BCUT2D eigenvalue weighted by Gasteiger charge is 2.18. The normalized spacial score (nSPS) is 12.3. The Hall–Kier alpha value is -2.58. The maximum atomic E-state index is 12.4. The summed E-state index contributed by atoms with van der Waals surface area (Å²) in [5.41, 5.74) is 3.77. The summed E-state index contributed by atoms with van der Waals surface area (Å²) < 4.78 is 38.0. The second-order valence-corrected chi connectivity index (χ2v) is 9.01. The molecule has 1 atom stereocenters. The number of aryl methyl sites for hydroxylation is 3. The standard InChI is InChI=1S/C22H30N2O5S/c1-14-7-8-18(11-15(14)2)30(26,27)23-10-9-22(25)24-17(4)19-13-21(29-6)20(28-5)12-16(19)3/h7-8,11-13,17,23H,9-10H2,1-6H3,(H,24,25). The van der Waals surface area contributed by atoms with Gasteiger partial charge in [-0.25, -0.2) is 13.1 Å². The first-order valence-corrected chi connectivity index (χ1v) is 11.2. The van der Waals surface area contributed by atoms with Crippen molar-refractivity contribution in [2.24, 2.45) is 0 Å². The Morgan fingerprint density at radius 3 is 2.20 bits per heavy atom. The highest BCUT2D eigenvalue weighted by atomic mass is 32.2. The average Bonchev–Trinajstić information content (AvgIpc) is 2.69. The molecular weight excluding hydrogens is 404 g/mol. The third-order valence-electron chi connectivity index (χ3n) is 5.05. The molecule has 0 fully saturated rings. The van der Waals surface area contributed by atoms with Gasteiger partial charge in [-0.3, -0.25) is 4.79 Å². The molecule has 164 valence electrons. The van der Waals surface area contributed by atoms with Gasteiger partial charge in [-0.15, -0.1) is 0 Å². The smallest absolute Gasteiger partial charge is 0.240 e. The fourth-order valence-corrected chi connectivity index (χ4v) is 4.23. The maximum absolute atomic E-state index is 12.4. The minimum Gasteiger partial charge on any atom is -0.493 e. The van der Waals surface area contributed by atoms with E-state index in [1.54, 1.807) is 32.4 Å². The zero-order valence-electron chi connectivity index (χ0n) is 18.3. The van der Waals surface area contributed by atoms with Gasteiger partial charge in [0.2, 0.25) is 15.9 Å². The minimum absolute atomic E-state index is 0.0126. The van der Waals surface area contributed by atoms with Crippen molar-refractivity contribution < 1.29 is 22.7 Å². The molecule has 2 rings (SSSR count). The fourth-order valence-electron chi connectivity index (χ4n) is 3.12. The van der Waals surface area contributed by atoms with Crippen LogP contribution in [-0.2, 0) is 14.8 Å². The number of rotatable bonds is 9. The number of hydrogen-bond donors (Lipinski definition) is 2. The van der Waals surface area contributed by atoms with Crippen molar-refractivity contribution in [2.45, 2.75) is 45.1 Å². The number of hydrogen-bond acceptors (Lipinski definition) is 5. The van der Waals surface area contributed by atoms with Crippen LogP contribution in [0.25, 0.3) is 0 Å². The molecule has 0 saturated heterocycles. The van der Waals surface area contributed by atoms with E-state index in [1.807, 2.05) is 39.8 Å². The number of ether oxygens (including phenoxy) is 2. The number of carbonyl (C=O) groups excluding carboxylic acids is 1. The number of sulfonamides is 1. The molecule has 0 bridgehead atoms. The Balaban J connectivity index is 1.97. The predicted molar refractivity (Wildman–Crippen MR) is 117 cm³/mol. The molecule has 7 nitrogen and oxygen atoms in total. The van der Waals surface area contributed by atoms with Crippen molar-refractivity contribution in [3.8, 4) is 11.5 Å². The van der Waals surface area contributed by atoms with E-state index < -0.39 is 10.0 Å². The van der Waals surface area contributed by atoms with Crippen LogP contribution in [0.5, 0.6) is 11.5 Å². The molecule has 0 spiro atoms. The maximum Gasteiger partial charge on any atom is 0.240 e. The molecule has 1 unspecified atom stereocenters. The summed E-state index contributed by atoms with van der Waals surface area (Å²) in [6.45, 7) is 7.59. The second kappa shape index (κ2) is 9.95. The average molecular weight is 435 g/mol. The van der Waals surface area contributed by atoms with Crippen molar-refractivity contribution in [3.63, 3.8) is 0 Å². The molecule has 8 heteroatoms. The summed E-state index contributed by atoms with van der Waals surface area (Å²) >= 11 is 0. The van der Waals surface area contributed by atoms with Crippen molar-refractivity contribution >= 4 is 15.9 Å². The Bertz CT molecular complexity index is 1020. The summed E-state index contributed by atoms with van der Waals surface area (Å²) in [4.78, 5) is 12.5. The van der Waals surface area contributed by atoms with Crippen molar-refractivity contribution in [2.75, 3.05) is 20.8 Å². The number of methoxy groups -OCH3 is 2. The van der Waals surface area contributed by atoms with Crippen LogP contribution in [0, 0.1) is 20.8 Å². The Labute approximate surface area is 178 Å². The van der Waals surface area contributed by atoms with Crippen molar-refractivity contribution in [1.82, 2.24) is 10.0 Å². The Kier molecular flexibility index (Phi) is 7.86. The molecule has 2 N–H and O–H groups in total. The minimum atomic E-state index is -3.66. The van der Waals surface area contributed by atoms with Crippen LogP contribution in [0.15, 0.2) is 35.2 Å². The Morgan fingerprint density at radius 1 is 0.967 bits per heavy atom. The van der Waals surface area contributed by atoms with Crippen LogP contribution in [0.2, 0.25) is 0 Å². The van der Waals surface area contributed by atoms with Gasteiger partial charge < -0.3 is 14.8 Å². The SMILES string of the molecule is COc1cc(C)c(C(C)NC(=O)CCNS(=O)(=O)c2ccc(C)c(C)c2)cc1OC. The van der Waals surface area contributed by atoms with E-state index in [0.29, 0.717) is 11.5 Å². The zero-order valence-corrected chi connectivity index (χ0v) is 19.1. The quantitative estimate of drug-likeness (QED) is 0.632. The van der Waals surface area contributed by atoms with Crippen LogP contribution in [-0.4, -0.2) is 35.1 Å². The summed E-state index contributed by atoms with van der Waals surface area (Å²) in [6.07, 6.45) is 0.0285. The van der Waals surface area contributed by atoms with Gasteiger partial charge in [0.25, 0.3) is 0 Å². The van der Waals surface area contributed by atoms with Gasteiger partial charge in [0.15, 0.2) is 11.5 Å². The van der Waals surface area contributed by atoms with E-state index in [-0.39, 0.29) is 29.8 Å². The van der Waals surface area contributed by atoms with E-state index in [9.17, 15) is 13.2 Å². The van der Waals surface area contributed by atoms with Crippen LogP contribution in [0.1, 0.15) is 41.6 Å². The second-order valence-electron chi connectivity index (χ2n) is 7.25. The van der Waals surface area contributed by atoms with E-state index in [1.165, 1.54) is 0 Å². The highest BCUT2D eigenvalue weighted by Crippen LogP contribution is 2.32. The number of benzene rings is 2. The topological polar surface area (TPSA) is 93.7 Å². The summed E-state index contributed by atoms with van der Waals surface area (Å²) in [5, 5.41) is 2.90. The first-order valence-electron chi connectivity index (χ1n) is 9.67. The first kappa shape index (κ1) is 23.7. The lowest BCUT2D eigenvalue weighted by Crippen LogP contribution is -2.32. The van der Waals surface area contributed by atoms with Gasteiger partial charge in [-0.2, -0.15) is 0 Å². The van der Waals surface area contributed by atoms with Gasteiger partial charge in [0.1, 0.15) is 0 Å². The predicted octanol–water partition coefficient (Wildman–Crippen LogP) is 3.17. The lowest BCUT2D eigenvalue weighted by atomic mass is 10.0. The molecule has 0 radical (unpaired) electrons. The Morgan fingerprint density at radius 2 is 1.60 bits per heavy atom. The van der Waals surface area contributed by atoms with E-state index in [2.05, 4.69) is 10.0 Å². The molecule has 0 aromatic heterocycles. The van der Waals surface area contributed by atoms with Crippen molar-refractivity contribution in [1.29, 1.82) is 0 Å². The third kappa shape index (κ3) is 5.73. The molecular formula is C22H30N2O5S.